The highest BCUT2D eigenvalue weighted by atomic mass is 19.4. The third kappa shape index (κ3) is 4.82. The highest BCUT2D eigenvalue weighted by Crippen LogP contribution is 2.28. The van der Waals surface area contributed by atoms with Gasteiger partial charge in [0.15, 0.2) is 5.69 Å². The lowest BCUT2D eigenvalue weighted by molar-refractivity contribution is -0.142. The summed E-state index contributed by atoms with van der Waals surface area (Å²) in [4.78, 5) is 23.3. The van der Waals surface area contributed by atoms with Crippen molar-refractivity contribution in [1.82, 2.24) is 15.1 Å². The summed E-state index contributed by atoms with van der Waals surface area (Å²) in [5, 5.41) is 15.1. The molecule has 0 radical (unpaired) electrons. The zero-order valence-corrected chi connectivity index (χ0v) is 13.2. The molecular formula is C16H16F3N3O3. The minimum atomic E-state index is -4.59. The summed E-state index contributed by atoms with van der Waals surface area (Å²) in [5.41, 5.74) is -0.379. The van der Waals surface area contributed by atoms with Crippen molar-refractivity contribution in [1.29, 1.82) is 0 Å². The van der Waals surface area contributed by atoms with Gasteiger partial charge in [-0.05, 0) is 18.6 Å². The number of alkyl halides is 3. The van der Waals surface area contributed by atoms with Crippen LogP contribution in [-0.2, 0) is 22.3 Å². The molecule has 2 rings (SSSR count). The Bertz CT molecular complexity index is 757. The summed E-state index contributed by atoms with van der Waals surface area (Å²) in [7, 11) is 0. The smallest absolute Gasteiger partial charge is 0.435 e. The first-order valence-corrected chi connectivity index (χ1v) is 7.34. The number of halogens is 3. The van der Waals surface area contributed by atoms with Crippen LogP contribution in [-0.4, -0.2) is 33.3 Å². The molecule has 134 valence electrons. The number of aromatic nitrogens is 2. The minimum absolute atomic E-state index is 0.176. The second kappa shape index (κ2) is 7.37. The van der Waals surface area contributed by atoms with E-state index in [0.717, 1.165) is 10.7 Å². The lowest BCUT2D eigenvalue weighted by atomic mass is 9.99. The molecule has 1 atom stereocenters. The van der Waals surface area contributed by atoms with Crippen LogP contribution >= 0.6 is 0 Å². The van der Waals surface area contributed by atoms with Gasteiger partial charge in [-0.3, -0.25) is 14.3 Å². The molecule has 0 saturated heterocycles. The zero-order chi connectivity index (χ0) is 18.6. The van der Waals surface area contributed by atoms with Gasteiger partial charge in [0.2, 0.25) is 5.91 Å². The van der Waals surface area contributed by atoms with Gasteiger partial charge < -0.3 is 10.4 Å². The molecule has 1 aromatic carbocycles. The fraction of sp³-hybridized carbons (Fsp3) is 0.312. The monoisotopic (exact) mass is 355 g/mol. The number of carbonyl (C=O) groups is 2. The lowest BCUT2D eigenvalue weighted by Gasteiger charge is -2.14. The van der Waals surface area contributed by atoms with Crippen LogP contribution in [0.15, 0.2) is 36.4 Å². The van der Waals surface area contributed by atoms with Gasteiger partial charge in [-0.1, -0.05) is 30.3 Å². The predicted octanol–water partition coefficient (Wildman–Crippen LogP) is 2.19. The highest BCUT2D eigenvalue weighted by molar-refractivity contribution is 5.79. The van der Waals surface area contributed by atoms with Crippen LogP contribution in [0.4, 0.5) is 13.2 Å². The van der Waals surface area contributed by atoms with Gasteiger partial charge >= 0.3 is 12.1 Å². The minimum Gasteiger partial charge on any atom is -0.481 e. The van der Waals surface area contributed by atoms with Crippen LogP contribution in [0, 0.1) is 6.92 Å². The number of aliphatic carboxylic acids is 1. The third-order valence-corrected chi connectivity index (χ3v) is 3.57. The van der Waals surface area contributed by atoms with E-state index in [0.29, 0.717) is 5.56 Å². The van der Waals surface area contributed by atoms with Gasteiger partial charge in [-0.15, -0.1) is 0 Å². The number of nitrogens with one attached hydrogen (secondary N) is 1. The molecule has 2 N–H and O–H groups in total. The molecule has 6 nitrogen and oxygen atoms in total. The molecule has 25 heavy (non-hydrogen) atoms. The molecule has 1 unspecified atom stereocenters. The van der Waals surface area contributed by atoms with E-state index in [-0.39, 0.29) is 12.2 Å². The topological polar surface area (TPSA) is 84.2 Å². The molecule has 2 aromatic rings. The van der Waals surface area contributed by atoms with E-state index in [1.165, 1.54) is 6.92 Å². The Morgan fingerprint density at radius 2 is 1.92 bits per heavy atom. The number of aryl methyl sites for hydroxylation is 1. The largest absolute Gasteiger partial charge is 0.481 e. The number of carboxylic acid groups (broad SMARTS) is 1. The maximum absolute atomic E-state index is 12.6. The molecule has 1 amide bonds. The Morgan fingerprint density at radius 1 is 1.28 bits per heavy atom. The number of benzene rings is 1. The van der Waals surface area contributed by atoms with Crippen molar-refractivity contribution in [3.8, 4) is 0 Å². The normalized spacial score (nSPS) is 12.6. The summed E-state index contributed by atoms with van der Waals surface area (Å²) in [6.07, 6.45) is -4.59. The van der Waals surface area contributed by atoms with Crippen molar-refractivity contribution in [3.63, 3.8) is 0 Å². The molecule has 9 heteroatoms. The SMILES string of the molecule is Cc1cc(C(F)(F)F)nn1CC(=O)NCC(C(=O)O)c1ccccc1. The number of nitrogens with zero attached hydrogens (tertiary/aromatic N) is 2. The van der Waals surface area contributed by atoms with E-state index in [4.69, 9.17) is 0 Å². The van der Waals surface area contributed by atoms with Gasteiger partial charge in [0.1, 0.15) is 6.54 Å². The number of hydrogen-bond acceptors (Lipinski definition) is 3. The number of hydrogen-bond donors (Lipinski definition) is 2. The fourth-order valence-corrected chi connectivity index (χ4v) is 2.25. The molecule has 0 saturated carbocycles. The summed E-state index contributed by atoms with van der Waals surface area (Å²) >= 11 is 0. The number of rotatable bonds is 6. The second-order valence-corrected chi connectivity index (χ2v) is 5.43. The highest BCUT2D eigenvalue weighted by Gasteiger charge is 2.34. The van der Waals surface area contributed by atoms with Crippen molar-refractivity contribution < 1.29 is 27.9 Å². The van der Waals surface area contributed by atoms with Crippen molar-refractivity contribution in [2.75, 3.05) is 6.54 Å². The Hall–Kier alpha value is -2.84. The molecule has 0 aliphatic carbocycles. The van der Waals surface area contributed by atoms with Gasteiger partial charge in [-0.2, -0.15) is 18.3 Å². The van der Waals surface area contributed by atoms with Crippen LogP contribution in [0.3, 0.4) is 0 Å². The van der Waals surface area contributed by atoms with Crippen molar-refractivity contribution in [3.05, 3.63) is 53.3 Å². The maximum atomic E-state index is 12.6. The predicted molar refractivity (Wildman–Crippen MR) is 81.8 cm³/mol. The van der Waals surface area contributed by atoms with E-state index < -0.39 is 36.2 Å². The standard InChI is InChI=1S/C16H16F3N3O3/c1-10-7-13(16(17,18)19)21-22(10)9-14(23)20-8-12(15(24)25)11-5-3-2-4-6-11/h2-7,12H,8-9H2,1H3,(H,20,23)(H,24,25). The van der Waals surface area contributed by atoms with Gasteiger partial charge in [0.05, 0.1) is 5.92 Å². The van der Waals surface area contributed by atoms with Gasteiger partial charge in [0.25, 0.3) is 0 Å². The molecule has 0 bridgehead atoms. The first kappa shape index (κ1) is 18.5. The first-order valence-electron chi connectivity index (χ1n) is 7.34. The van der Waals surface area contributed by atoms with Crippen LogP contribution in [0.2, 0.25) is 0 Å². The van der Waals surface area contributed by atoms with Crippen LogP contribution in [0.25, 0.3) is 0 Å². The average molecular weight is 355 g/mol. The van der Waals surface area contributed by atoms with Crippen molar-refractivity contribution in [2.45, 2.75) is 25.6 Å². The van der Waals surface area contributed by atoms with Crippen LogP contribution in [0.5, 0.6) is 0 Å². The Morgan fingerprint density at radius 3 is 2.44 bits per heavy atom. The van der Waals surface area contributed by atoms with E-state index in [1.54, 1.807) is 30.3 Å². The maximum Gasteiger partial charge on any atom is 0.435 e. The molecule has 0 spiro atoms. The number of carboxylic acids is 1. The fourth-order valence-electron chi connectivity index (χ4n) is 2.25. The Balaban J connectivity index is 2.00. The zero-order valence-electron chi connectivity index (χ0n) is 13.2. The van der Waals surface area contributed by atoms with Crippen molar-refractivity contribution in [2.24, 2.45) is 0 Å². The third-order valence-electron chi connectivity index (χ3n) is 3.57. The molecule has 1 heterocycles. The van der Waals surface area contributed by atoms with E-state index in [2.05, 4.69) is 10.4 Å². The van der Waals surface area contributed by atoms with E-state index in [1.807, 2.05) is 0 Å². The second-order valence-electron chi connectivity index (χ2n) is 5.43. The quantitative estimate of drug-likeness (QED) is 0.832. The summed E-state index contributed by atoms with van der Waals surface area (Å²) in [6.45, 7) is 0.799. The van der Waals surface area contributed by atoms with E-state index >= 15 is 0 Å². The van der Waals surface area contributed by atoms with Gasteiger partial charge in [0, 0.05) is 12.2 Å². The van der Waals surface area contributed by atoms with Crippen LogP contribution in [0.1, 0.15) is 22.9 Å². The number of amides is 1. The average Bonchev–Trinajstić information content (AvgIpc) is 2.89. The lowest BCUT2D eigenvalue weighted by Crippen LogP contribution is -2.34. The number of carbonyl (C=O) groups excluding carboxylic acids is 1. The molecular weight excluding hydrogens is 339 g/mol. The molecule has 0 aliphatic rings. The Labute approximate surface area is 141 Å². The van der Waals surface area contributed by atoms with Crippen molar-refractivity contribution >= 4 is 11.9 Å². The van der Waals surface area contributed by atoms with E-state index in [9.17, 15) is 27.9 Å². The summed E-state index contributed by atoms with van der Waals surface area (Å²) in [6, 6.07) is 9.19. The Kier molecular flexibility index (Phi) is 5.45. The van der Waals surface area contributed by atoms with Crippen LogP contribution < -0.4 is 5.32 Å². The molecule has 0 fully saturated rings. The molecule has 1 aromatic heterocycles. The summed E-state index contributed by atoms with van der Waals surface area (Å²) < 4.78 is 38.7. The first-order chi connectivity index (χ1) is 11.7. The van der Waals surface area contributed by atoms with Gasteiger partial charge in [-0.25, -0.2) is 0 Å². The summed E-state index contributed by atoms with van der Waals surface area (Å²) in [5.74, 6) is -2.68. The molecule has 0 aliphatic heterocycles.